The summed E-state index contributed by atoms with van der Waals surface area (Å²) in [6.07, 6.45) is 1.59. The number of benzene rings is 1. The first-order valence-corrected chi connectivity index (χ1v) is 6.91. The topological polar surface area (TPSA) is 110 Å². The lowest BCUT2D eigenvalue weighted by Gasteiger charge is -2.31. The summed E-state index contributed by atoms with van der Waals surface area (Å²) in [5, 5.41) is 20.5. The van der Waals surface area contributed by atoms with Crippen molar-refractivity contribution in [2.75, 3.05) is 18.1 Å². The number of amides is 1. The van der Waals surface area contributed by atoms with Crippen LogP contribution in [-0.2, 0) is 0 Å². The second kappa shape index (κ2) is 7.58. The van der Waals surface area contributed by atoms with Crippen molar-refractivity contribution in [3.63, 3.8) is 0 Å². The minimum Gasteiger partial charge on any atom is -0.395 e. The highest BCUT2D eigenvalue weighted by Crippen LogP contribution is 2.31. The molecule has 0 heterocycles. The smallest absolute Gasteiger partial charge is 0.293 e. The minimum absolute atomic E-state index is 0.0790. The maximum Gasteiger partial charge on any atom is 0.293 e. The molecule has 116 valence electrons. The highest BCUT2D eigenvalue weighted by molar-refractivity contribution is 5.94. The Labute approximate surface area is 123 Å². The number of anilines is 1. The van der Waals surface area contributed by atoms with Gasteiger partial charge in [-0.3, -0.25) is 14.9 Å². The van der Waals surface area contributed by atoms with E-state index in [4.69, 9.17) is 5.73 Å². The van der Waals surface area contributed by atoms with Crippen LogP contribution in [0.2, 0.25) is 0 Å². The van der Waals surface area contributed by atoms with E-state index < -0.39 is 10.8 Å². The van der Waals surface area contributed by atoms with Gasteiger partial charge in [-0.1, -0.05) is 13.8 Å². The maximum absolute atomic E-state index is 11.3. The highest BCUT2D eigenvalue weighted by atomic mass is 16.6. The lowest BCUT2D eigenvalue weighted by molar-refractivity contribution is -0.384. The fourth-order valence-corrected chi connectivity index (χ4v) is 2.40. The number of hydrogen-bond acceptors (Lipinski definition) is 5. The minimum atomic E-state index is -0.708. The molecule has 3 N–H and O–H groups in total. The number of nitro groups is 1. The molecule has 7 nitrogen and oxygen atoms in total. The van der Waals surface area contributed by atoms with E-state index in [1.54, 1.807) is 0 Å². The predicted molar refractivity (Wildman–Crippen MR) is 80.4 cm³/mol. The fraction of sp³-hybridized carbons (Fsp3) is 0.500. The van der Waals surface area contributed by atoms with E-state index in [0.29, 0.717) is 12.2 Å². The van der Waals surface area contributed by atoms with Crippen LogP contribution in [0.5, 0.6) is 0 Å². The van der Waals surface area contributed by atoms with Gasteiger partial charge in [-0.05, 0) is 25.0 Å². The zero-order valence-electron chi connectivity index (χ0n) is 12.3. The van der Waals surface area contributed by atoms with Crippen LogP contribution in [0.4, 0.5) is 11.4 Å². The quantitative estimate of drug-likeness (QED) is 0.560. The third kappa shape index (κ3) is 3.91. The monoisotopic (exact) mass is 295 g/mol. The molecular formula is C14H21N3O4. The molecule has 0 atom stereocenters. The first-order chi connectivity index (χ1) is 9.96. The molecule has 0 spiro atoms. The summed E-state index contributed by atoms with van der Waals surface area (Å²) in [5.41, 5.74) is 5.48. The van der Waals surface area contributed by atoms with Gasteiger partial charge in [0.15, 0.2) is 0 Å². The summed E-state index contributed by atoms with van der Waals surface area (Å²) >= 11 is 0. The number of carbonyl (C=O) groups is 1. The van der Waals surface area contributed by atoms with Crippen molar-refractivity contribution in [2.24, 2.45) is 5.73 Å². The standard InChI is InChI=1S/C14H21N3O4/c1-3-11(4-2)16(7-8-18)12-6-5-10(14(15)19)9-13(12)17(20)21/h5-6,9,11,18H,3-4,7-8H2,1-2H3,(H2,15,19). The molecule has 1 aromatic rings. The van der Waals surface area contributed by atoms with Gasteiger partial charge in [-0.2, -0.15) is 0 Å². The molecule has 0 saturated heterocycles. The molecule has 1 amide bonds. The normalized spacial score (nSPS) is 10.7. The zero-order chi connectivity index (χ0) is 16.0. The number of nitrogens with zero attached hydrogens (tertiary/aromatic N) is 2. The van der Waals surface area contributed by atoms with E-state index in [1.807, 2.05) is 18.7 Å². The van der Waals surface area contributed by atoms with Crippen LogP contribution in [0.15, 0.2) is 18.2 Å². The van der Waals surface area contributed by atoms with Crippen LogP contribution in [0.1, 0.15) is 37.0 Å². The molecule has 0 bridgehead atoms. The molecule has 7 heteroatoms. The average molecular weight is 295 g/mol. The van der Waals surface area contributed by atoms with Gasteiger partial charge in [0, 0.05) is 24.2 Å². The molecule has 0 aliphatic rings. The zero-order valence-corrected chi connectivity index (χ0v) is 12.3. The highest BCUT2D eigenvalue weighted by Gasteiger charge is 2.24. The van der Waals surface area contributed by atoms with Gasteiger partial charge in [0.2, 0.25) is 5.91 Å². The molecule has 0 unspecified atom stereocenters. The molecule has 0 fully saturated rings. The Morgan fingerprint density at radius 1 is 1.43 bits per heavy atom. The van der Waals surface area contributed by atoms with Crippen LogP contribution in [-0.4, -0.2) is 35.1 Å². The van der Waals surface area contributed by atoms with E-state index in [2.05, 4.69) is 0 Å². The first kappa shape index (κ1) is 16.9. The summed E-state index contributed by atoms with van der Waals surface area (Å²) in [7, 11) is 0. The Kier molecular flexibility index (Phi) is 6.10. The van der Waals surface area contributed by atoms with E-state index in [-0.39, 0.29) is 23.9 Å². The van der Waals surface area contributed by atoms with Crippen molar-refractivity contribution < 1.29 is 14.8 Å². The van der Waals surface area contributed by atoms with Crippen molar-refractivity contribution in [3.8, 4) is 0 Å². The molecule has 1 aromatic carbocycles. The Balaban J connectivity index is 3.35. The Morgan fingerprint density at radius 2 is 2.05 bits per heavy atom. The summed E-state index contributed by atoms with van der Waals surface area (Å²) in [6.45, 7) is 4.17. The van der Waals surface area contributed by atoms with Gasteiger partial charge in [0.1, 0.15) is 5.69 Å². The van der Waals surface area contributed by atoms with Gasteiger partial charge >= 0.3 is 0 Å². The maximum atomic E-state index is 11.3. The number of nitro benzene ring substituents is 1. The Bertz CT molecular complexity index is 515. The predicted octanol–water partition coefficient (Wildman–Crippen LogP) is 1.68. The third-order valence-corrected chi connectivity index (χ3v) is 3.49. The lowest BCUT2D eigenvalue weighted by atomic mass is 10.1. The summed E-state index contributed by atoms with van der Waals surface area (Å²) in [4.78, 5) is 23.7. The van der Waals surface area contributed by atoms with Crippen LogP contribution in [0.3, 0.4) is 0 Å². The van der Waals surface area contributed by atoms with Gasteiger partial charge in [0.05, 0.1) is 11.5 Å². The van der Waals surface area contributed by atoms with Crippen molar-refractivity contribution >= 4 is 17.3 Å². The molecule has 0 aliphatic carbocycles. The van der Waals surface area contributed by atoms with Crippen LogP contribution < -0.4 is 10.6 Å². The number of primary amides is 1. The molecule has 0 radical (unpaired) electrons. The van der Waals surface area contributed by atoms with Crippen molar-refractivity contribution in [2.45, 2.75) is 32.7 Å². The van der Waals surface area contributed by atoms with Crippen molar-refractivity contribution in [1.29, 1.82) is 0 Å². The molecule has 0 saturated carbocycles. The molecule has 0 aliphatic heterocycles. The molecule has 21 heavy (non-hydrogen) atoms. The summed E-state index contributed by atoms with van der Waals surface area (Å²) in [5.74, 6) is -0.708. The van der Waals surface area contributed by atoms with Gasteiger partial charge in [0.25, 0.3) is 5.69 Å². The number of rotatable bonds is 8. The number of aliphatic hydroxyl groups is 1. The van der Waals surface area contributed by atoms with E-state index in [9.17, 15) is 20.0 Å². The number of nitrogens with two attached hydrogens (primary N) is 1. The molecular weight excluding hydrogens is 274 g/mol. The Morgan fingerprint density at radius 3 is 2.48 bits per heavy atom. The van der Waals surface area contributed by atoms with Crippen molar-refractivity contribution in [3.05, 3.63) is 33.9 Å². The first-order valence-electron chi connectivity index (χ1n) is 6.91. The summed E-state index contributed by atoms with van der Waals surface area (Å²) in [6, 6.07) is 4.25. The van der Waals surface area contributed by atoms with E-state index in [0.717, 1.165) is 12.8 Å². The van der Waals surface area contributed by atoms with E-state index in [1.165, 1.54) is 18.2 Å². The number of aliphatic hydroxyl groups excluding tert-OH is 1. The second-order valence-corrected chi connectivity index (χ2v) is 4.71. The van der Waals surface area contributed by atoms with E-state index >= 15 is 0 Å². The largest absolute Gasteiger partial charge is 0.395 e. The second-order valence-electron chi connectivity index (χ2n) is 4.71. The number of hydrogen-bond donors (Lipinski definition) is 2. The van der Waals surface area contributed by atoms with Gasteiger partial charge in [-0.15, -0.1) is 0 Å². The summed E-state index contributed by atoms with van der Waals surface area (Å²) < 4.78 is 0. The Hall–Kier alpha value is -2.15. The number of carbonyl (C=O) groups excluding carboxylic acids is 1. The fourth-order valence-electron chi connectivity index (χ4n) is 2.40. The average Bonchev–Trinajstić information content (AvgIpc) is 2.46. The SMILES string of the molecule is CCC(CC)N(CCO)c1ccc(C(N)=O)cc1[N+](=O)[O-]. The lowest BCUT2D eigenvalue weighted by Crippen LogP contribution is -2.37. The van der Waals surface area contributed by atoms with Crippen molar-refractivity contribution in [1.82, 2.24) is 0 Å². The van der Waals surface area contributed by atoms with Crippen LogP contribution >= 0.6 is 0 Å². The van der Waals surface area contributed by atoms with Gasteiger partial charge < -0.3 is 15.7 Å². The van der Waals surface area contributed by atoms with Gasteiger partial charge in [-0.25, -0.2) is 0 Å². The molecule has 1 rings (SSSR count). The van der Waals surface area contributed by atoms with Crippen LogP contribution in [0, 0.1) is 10.1 Å². The molecule has 0 aromatic heterocycles. The van der Waals surface area contributed by atoms with Crippen LogP contribution in [0.25, 0.3) is 0 Å². The third-order valence-electron chi connectivity index (χ3n) is 3.49.